The van der Waals surface area contributed by atoms with Crippen LogP contribution in [0.3, 0.4) is 0 Å². The van der Waals surface area contributed by atoms with Gasteiger partial charge in [0.1, 0.15) is 0 Å². The summed E-state index contributed by atoms with van der Waals surface area (Å²) in [6.07, 6.45) is 8.21. The summed E-state index contributed by atoms with van der Waals surface area (Å²) in [4.78, 5) is 0. The number of rotatable bonds is 4. The van der Waals surface area contributed by atoms with Crippen molar-refractivity contribution in [3.05, 3.63) is 29.8 Å². The molecule has 0 spiro atoms. The van der Waals surface area contributed by atoms with Crippen molar-refractivity contribution in [1.82, 2.24) is 0 Å². The van der Waals surface area contributed by atoms with Crippen LogP contribution < -0.4 is 11.1 Å². The van der Waals surface area contributed by atoms with Crippen LogP contribution in [0.15, 0.2) is 24.3 Å². The van der Waals surface area contributed by atoms with Gasteiger partial charge >= 0.3 is 0 Å². The van der Waals surface area contributed by atoms with E-state index in [2.05, 4.69) is 36.5 Å². The predicted octanol–water partition coefficient (Wildman–Crippen LogP) is 3.70. The second kappa shape index (κ2) is 6.79. The molecular formula is C16H26N2. The van der Waals surface area contributed by atoms with E-state index in [-0.39, 0.29) is 0 Å². The van der Waals surface area contributed by atoms with E-state index in [4.69, 9.17) is 5.73 Å². The average molecular weight is 246 g/mol. The Hall–Kier alpha value is -1.02. The van der Waals surface area contributed by atoms with Gasteiger partial charge in [-0.2, -0.15) is 0 Å². The third-order valence-corrected chi connectivity index (χ3v) is 4.21. The summed E-state index contributed by atoms with van der Waals surface area (Å²) >= 11 is 0. The molecule has 1 aromatic carbocycles. The Morgan fingerprint density at radius 3 is 2.44 bits per heavy atom. The first kappa shape index (κ1) is 13.4. The first-order valence-electron chi connectivity index (χ1n) is 7.33. The standard InChI is InChI=1S/C16H26N2/c1-13-8-6-7-11-15(13)18-16(12-17)14-9-4-2-3-5-10-14/h6-8,11,14,16,18H,2-5,9-10,12,17H2,1H3. The molecule has 2 nitrogen and oxygen atoms in total. The largest absolute Gasteiger partial charge is 0.381 e. The predicted molar refractivity (Wildman–Crippen MR) is 78.8 cm³/mol. The molecule has 1 saturated carbocycles. The van der Waals surface area contributed by atoms with Crippen molar-refractivity contribution in [3.63, 3.8) is 0 Å². The molecule has 3 N–H and O–H groups in total. The number of anilines is 1. The number of nitrogens with one attached hydrogen (secondary N) is 1. The van der Waals surface area contributed by atoms with Crippen LogP contribution >= 0.6 is 0 Å². The molecule has 100 valence electrons. The van der Waals surface area contributed by atoms with Crippen LogP contribution in [0.5, 0.6) is 0 Å². The average Bonchev–Trinajstić information content (AvgIpc) is 2.67. The van der Waals surface area contributed by atoms with Crippen LogP contribution in [0.4, 0.5) is 5.69 Å². The quantitative estimate of drug-likeness (QED) is 0.795. The van der Waals surface area contributed by atoms with Gasteiger partial charge in [0, 0.05) is 18.3 Å². The summed E-state index contributed by atoms with van der Waals surface area (Å²) in [5.41, 5.74) is 8.55. The Bertz CT molecular complexity index is 354. The summed E-state index contributed by atoms with van der Waals surface area (Å²) in [6.45, 7) is 2.89. The summed E-state index contributed by atoms with van der Waals surface area (Å²) in [7, 11) is 0. The van der Waals surface area contributed by atoms with E-state index >= 15 is 0 Å². The van der Waals surface area contributed by atoms with E-state index < -0.39 is 0 Å². The van der Waals surface area contributed by atoms with Gasteiger partial charge in [0.15, 0.2) is 0 Å². The minimum absolute atomic E-state index is 0.434. The molecule has 1 aliphatic carbocycles. The fourth-order valence-corrected chi connectivity index (χ4v) is 3.02. The lowest BCUT2D eigenvalue weighted by molar-refractivity contribution is 0.398. The third-order valence-electron chi connectivity index (χ3n) is 4.21. The fourth-order valence-electron chi connectivity index (χ4n) is 3.02. The van der Waals surface area contributed by atoms with Crippen LogP contribution in [0.25, 0.3) is 0 Å². The SMILES string of the molecule is Cc1ccccc1NC(CN)C1CCCCCC1. The highest BCUT2D eigenvalue weighted by atomic mass is 14.9. The van der Waals surface area contributed by atoms with Crippen molar-refractivity contribution in [2.45, 2.75) is 51.5 Å². The van der Waals surface area contributed by atoms with E-state index in [0.29, 0.717) is 6.04 Å². The monoisotopic (exact) mass is 246 g/mol. The minimum Gasteiger partial charge on any atom is -0.381 e. The lowest BCUT2D eigenvalue weighted by Crippen LogP contribution is -2.36. The van der Waals surface area contributed by atoms with Gasteiger partial charge in [0.05, 0.1) is 0 Å². The minimum atomic E-state index is 0.434. The van der Waals surface area contributed by atoms with Crippen LogP contribution in [-0.4, -0.2) is 12.6 Å². The van der Waals surface area contributed by atoms with Crippen molar-refractivity contribution in [1.29, 1.82) is 0 Å². The molecule has 0 aliphatic heterocycles. The van der Waals surface area contributed by atoms with Crippen LogP contribution in [0.2, 0.25) is 0 Å². The topological polar surface area (TPSA) is 38.0 Å². The van der Waals surface area contributed by atoms with Crippen molar-refractivity contribution in [2.24, 2.45) is 11.7 Å². The number of para-hydroxylation sites is 1. The zero-order valence-electron chi connectivity index (χ0n) is 11.5. The Morgan fingerprint density at radius 1 is 1.17 bits per heavy atom. The number of benzene rings is 1. The molecule has 0 aromatic heterocycles. The Balaban J connectivity index is 2.02. The third kappa shape index (κ3) is 3.49. The zero-order chi connectivity index (χ0) is 12.8. The van der Waals surface area contributed by atoms with Crippen LogP contribution in [-0.2, 0) is 0 Å². The van der Waals surface area contributed by atoms with E-state index in [0.717, 1.165) is 12.5 Å². The molecule has 1 fully saturated rings. The van der Waals surface area contributed by atoms with Crippen molar-refractivity contribution >= 4 is 5.69 Å². The maximum atomic E-state index is 5.99. The van der Waals surface area contributed by atoms with Gasteiger partial charge in [-0.3, -0.25) is 0 Å². The highest BCUT2D eigenvalue weighted by molar-refractivity contribution is 5.51. The molecule has 0 bridgehead atoms. The molecule has 1 atom stereocenters. The van der Waals surface area contributed by atoms with E-state index in [1.165, 1.54) is 49.8 Å². The van der Waals surface area contributed by atoms with Crippen LogP contribution in [0, 0.1) is 12.8 Å². The molecule has 18 heavy (non-hydrogen) atoms. The van der Waals surface area contributed by atoms with Gasteiger partial charge in [-0.05, 0) is 37.3 Å². The normalized spacial score (nSPS) is 19.2. The number of nitrogens with two attached hydrogens (primary N) is 1. The first-order chi connectivity index (χ1) is 8.81. The zero-order valence-corrected chi connectivity index (χ0v) is 11.5. The van der Waals surface area contributed by atoms with E-state index in [1.807, 2.05) is 0 Å². The Kier molecular flexibility index (Phi) is 5.06. The number of hydrogen-bond donors (Lipinski definition) is 2. The van der Waals surface area contributed by atoms with Gasteiger partial charge in [-0.25, -0.2) is 0 Å². The first-order valence-corrected chi connectivity index (χ1v) is 7.33. The van der Waals surface area contributed by atoms with Crippen molar-refractivity contribution in [2.75, 3.05) is 11.9 Å². The lowest BCUT2D eigenvalue weighted by atomic mass is 9.91. The van der Waals surface area contributed by atoms with Crippen LogP contribution in [0.1, 0.15) is 44.1 Å². The molecule has 1 aromatic rings. The summed E-state index contributed by atoms with van der Waals surface area (Å²) in [5.74, 6) is 0.747. The molecule has 2 rings (SSSR count). The summed E-state index contributed by atoms with van der Waals surface area (Å²) in [5, 5.41) is 3.67. The fraction of sp³-hybridized carbons (Fsp3) is 0.625. The molecule has 0 radical (unpaired) electrons. The summed E-state index contributed by atoms with van der Waals surface area (Å²) in [6, 6.07) is 8.93. The Labute approximate surface area is 111 Å². The maximum Gasteiger partial charge on any atom is 0.0411 e. The van der Waals surface area contributed by atoms with Gasteiger partial charge in [-0.15, -0.1) is 0 Å². The number of hydrogen-bond acceptors (Lipinski definition) is 2. The van der Waals surface area contributed by atoms with Gasteiger partial charge < -0.3 is 11.1 Å². The van der Waals surface area contributed by atoms with E-state index in [9.17, 15) is 0 Å². The summed E-state index contributed by atoms with van der Waals surface area (Å²) < 4.78 is 0. The lowest BCUT2D eigenvalue weighted by Gasteiger charge is -2.27. The van der Waals surface area contributed by atoms with Gasteiger partial charge in [0.25, 0.3) is 0 Å². The molecule has 1 aliphatic rings. The molecule has 0 heterocycles. The molecule has 1 unspecified atom stereocenters. The van der Waals surface area contributed by atoms with Crippen molar-refractivity contribution < 1.29 is 0 Å². The second-order valence-corrected chi connectivity index (χ2v) is 5.55. The molecule has 2 heteroatoms. The molecule has 0 saturated heterocycles. The van der Waals surface area contributed by atoms with E-state index in [1.54, 1.807) is 0 Å². The smallest absolute Gasteiger partial charge is 0.0411 e. The number of aryl methyl sites for hydroxylation is 1. The van der Waals surface area contributed by atoms with Gasteiger partial charge in [-0.1, -0.05) is 43.9 Å². The molecule has 0 amide bonds. The van der Waals surface area contributed by atoms with Crippen molar-refractivity contribution in [3.8, 4) is 0 Å². The molecular weight excluding hydrogens is 220 g/mol. The highest BCUT2D eigenvalue weighted by Gasteiger charge is 2.21. The Morgan fingerprint density at radius 2 is 1.83 bits per heavy atom. The highest BCUT2D eigenvalue weighted by Crippen LogP contribution is 2.27. The second-order valence-electron chi connectivity index (χ2n) is 5.55. The maximum absolute atomic E-state index is 5.99. The van der Waals surface area contributed by atoms with Gasteiger partial charge in [0.2, 0.25) is 0 Å².